The van der Waals surface area contributed by atoms with E-state index in [1.165, 1.54) is 6.92 Å². The van der Waals surface area contributed by atoms with Crippen LogP contribution >= 0.6 is 0 Å². The average Bonchev–Trinajstić information content (AvgIpc) is 2.66. The van der Waals surface area contributed by atoms with Crippen molar-refractivity contribution in [1.29, 1.82) is 0 Å². The summed E-state index contributed by atoms with van der Waals surface area (Å²) in [4.78, 5) is 11.1. The molecule has 1 atom stereocenters. The maximum absolute atomic E-state index is 11.1. The topological polar surface area (TPSA) is 74.2 Å². The molecule has 6 nitrogen and oxygen atoms in total. The van der Waals surface area contributed by atoms with E-state index in [0.717, 1.165) is 5.56 Å². The molecule has 0 fully saturated rings. The fourth-order valence-electron chi connectivity index (χ4n) is 2.52. The largest absolute Gasteiger partial charge is 0.497 e. The van der Waals surface area contributed by atoms with Gasteiger partial charge < -0.3 is 24.1 Å². The first-order valence-electron chi connectivity index (χ1n) is 8.52. The standard InChI is InChI=1S/C21H24O6/c1-5-26-21-13-17(27-14(2)22)9-10-18(21)19(23)11-7-15-6-8-16(24-3)12-20(15)25-4/h6-13,19,23H,5H2,1-4H3. The maximum Gasteiger partial charge on any atom is 0.308 e. The van der Waals surface area contributed by atoms with Gasteiger partial charge in [0.1, 0.15) is 29.1 Å². The van der Waals surface area contributed by atoms with Gasteiger partial charge in [-0.05, 0) is 31.2 Å². The molecule has 0 spiro atoms. The van der Waals surface area contributed by atoms with Crippen LogP contribution in [0.25, 0.3) is 6.08 Å². The number of carbonyl (C=O) groups excluding carboxylic acids is 1. The Bertz CT molecular complexity index is 812. The van der Waals surface area contributed by atoms with Crippen LogP contribution in [0.5, 0.6) is 23.0 Å². The summed E-state index contributed by atoms with van der Waals surface area (Å²) in [5.74, 6) is 1.72. The van der Waals surface area contributed by atoms with Crippen LogP contribution in [-0.2, 0) is 4.79 Å². The number of hydrogen-bond acceptors (Lipinski definition) is 6. The molecular weight excluding hydrogens is 348 g/mol. The van der Waals surface area contributed by atoms with Crippen molar-refractivity contribution < 1.29 is 28.8 Å². The van der Waals surface area contributed by atoms with Gasteiger partial charge in [0.15, 0.2) is 0 Å². The molecule has 0 bridgehead atoms. The smallest absolute Gasteiger partial charge is 0.308 e. The summed E-state index contributed by atoms with van der Waals surface area (Å²) in [7, 11) is 3.16. The van der Waals surface area contributed by atoms with E-state index in [4.69, 9.17) is 18.9 Å². The van der Waals surface area contributed by atoms with E-state index >= 15 is 0 Å². The molecule has 0 aliphatic carbocycles. The van der Waals surface area contributed by atoms with E-state index in [1.54, 1.807) is 50.6 Å². The zero-order chi connectivity index (χ0) is 19.8. The van der Waals surface area contributed by atoms with Crippen molar-refractivity contribution in [2.45, 2.75) is 20.0 Å². The molecule has 0 aliphatic rings. The van der Waals surface area contributed by atoms with E-state index in [1.807, 2.05) is 19.1 Å². The first kappa shape index (κ1) is 20.3. The zero-order valence-electron chi connectivity index (χ0n) is 15.9. The second-order valence-corrected chi connectivity index (χ2v) is 5.64. The number of rotatable bonds is 8. The van der Waals surface area contributed by atoms with Crippen molar-refractivity contribution in [3.63, 3.8) is 0 Å². The fourth-order valence-corrected chi connectivity index (χ4v) is 2.52. The summed E-state index contributed by atoms with van der Waals surface area (Å²) in [5.41, 5.74) is 1.36. The Kier molecular flexibility index (Phi) is 7.25. The van der Waals surface area contributed by atoms with Gasteiger partial charge in [0.2, 0.25) is 0 Å². The highest BCUT2D eigenvalue weighted by Gasteiger charge is 2.13. The van der Waals surface area contributed by atoms with Crippen LogP contribution in [0.3, 0.4) is 0 Å². The van der Waals surface area contributed by atoms with Gasteiger partial charge in [0, 0.05) is 30.2 Å². The van der Waals surface area contributed by atoms with Crippen molar-refractivity contribution in [3.8, 4) is 23.0 Å². The second-order valence-electron chi connectivity index (χ2n) is 5.64. The lowest BCUT2D eigenvalue weighted by atomic mass is 10.1. The minimum atomic E-state index is -0.912. The molecule has 27 heavy (non-hydrogen) atoms. The van der Waals surface area contributed by atoms with Crippen molar-refractivity contribution >= 4 is 12.0 Å². The number of benzene rings is 2. The molecule has 0 radical (unpaired) electrons. The minimum absolute atomic E-state index is 0.364. The average molecular weight is 372 g/mol. The molecule has 0 heterocycles. The van der Waals surface area contributed by atoms with Gasteiger partial charge in [-0.3, -0.25) is 4.79 Å². The Morgan fingerprint density at radius 1 is 1.07 bits per heavy atom. The van der Waals surface area contributed by atoms with Crippen LogP contribution in [0.4, 0.5) is 0 Å². The third-order valence-corrected chi connectivity index (χ3v) is 3.76. The first-order chi connectivity index (χ1) is 13.0. The van der Waals surface area contributed by atoms with E-state index in [2.05, 4.69) is 0 Å². The number of ether oxygens (including phenoxy) is 4. The molecule has 2 aromatic rings. The normalized spacial score (nSPS) is 11.9. The second kappa shape index (κ2) is 9.64. The highest BCUT2D eigenvalue weighted by Crippen LogP contribution is 2.32. The van der Waals surface area contributed by atoms with Gasteiger partial charge in [-0.25, -0.2) is 0 Å². The van der Waals surface area contributed by atoms with Gasteiger partial charge in [0.05, 0.1) is 20.8 Å². The third kappa shape index (κ3) is 5.49. The summed E-state index contributed by atoms with van der Waals surface area (Å²) in [6, 6.07) is 10.3. The van der Waals surface area contributed by atoms with E-state index in [0.29, 0.717) is 35.2 Å². The highest BCUT2D eigenvalue weighted by atomic mass is 16.5. The van der Waals surface area contributed by atoms with Gasteiger partial charge in [-0.2, -0.15) is 0 Å². The number of carbonyl (C=O) groups is 1. The molecule has 0 saturated carbocycles. The first-order valence-corrected chi connectivity index (χ1v) is 8.52. The van der Waals surface area contributed by atoms with E-state index in [9.17, 15) is 9.90 Å². The molecule has 0 amide bonds. The van der Waals surface area contributed by atoms with Crippen LogP contribution in [0.15, 0.2) is 42.5 Å². The van der Waals surface area contributed by atoms with Crippen molar-refractivity contribution in [2.75, 3.05) is 20.8 Å². The van der Waals surface area contributed by atoms with Crippen molar-refractivity contribution in [1.82, 2.24) is 0 Å². The molecule has 2 aromatic carbocycles. The van der Waals surface area contributed by atoms with E-state index in [-0.39, 0.29) is 0 Å². The van der Waals surface area contributed by atoms with Crippen LogP contribution in [0.2, 0.25) is 0 Å². The Balaban J connectivity index is 2.27. The highest BCUT2D eigenvalue weighted by molar-refractivity contribution is 5.69. The summed E-state index contributed by atoms with van der Waals surface area (Å²) >= 11 is 0. The fraction of sp³-hybridized carbons (Fsp3) is 0.286. The molecule has 0 aliphatic heterocycles. The number of hydrogen-bond donors (Lipinski definition) is 1. The SMILES string of the molecule is CCOc1cc(OC(C)=O)ccc1C(O)C=Cc1ccc(OC)cc1OC. The molecule has 0 aromatic heterocycles. The summed E-state index contributed by atoms with van der Waals surface area (Å²) in [5, 5.41) is 10.6. The summed E-state index contributed by atoms with van der Waals surface area (Å²) in [6.45, 7) is 3.58. The van der Waals surface area contributed by atoms with Gasteiger partial charge in [-0.1, -0.05) is 12.2 Å². The molecule has 1 unspecified atom stereocenters. The lowest BCUT2D eigenvalue weighted by Crippen LogP contribution is -2.04. The molecule has 2 rings (SSSR count). The Hall–Kier alpha value is -2.99. The van der Waals surface area contributed by atoms with Gasteiger partial charge >= 0.3 is 5.97 Å². The lowest BCUT2D eigenvalue weighted by Gasteiger charge is -2.15. The number of methoxy groups -OCH3 is 2. The predicted octanol–water partition coefficient (Wildman–Crippen LogP) is 3.77. The van der Waals surface area contributed by atoms with Crippen molar-refractivity contribution in [3.05, 3.63) is 53.6 Å². The monoisotopic (exact) mass is 372 g/mol. The van der Waals surface area contributed by atoms with Gasteiger partial charge in [-0.15, -0.1) is 0 Å². The zero-order valence-corrected chi connectivity index (χ0v) is 15.9. The molecule has 144 valence electrons. The van der Waals surface area contributed by atoms with Crippen LogP contribution in [0.1, 0.15) is 31.1 Å². The Morgan fingerprint density at radius 3 is 2.41 bits per heavy atom. The maximum atomic E-state index is 11.1. The Labute approximate surface area is 158 Å². The number of aliphatic hydroxyl groups is 1. The van der Waals surface area contributed by atoms with Crippen LogP contribution in [-0.4, -0.2) is 31.9 Å². The third-order valence-electron chi connectivity index (χ3n) is 3.76. The summed E-state index contributed by atoms with van der Waals surface area (Å²) < 4.78 is 21.2. The van der Waals surface area contributed by atoms with E-state index < -0.39 is 12.1 Å². The number of aliphatic hydroxyl groups excluding tert-OH is 1. The van der Waals surface area contributed by atoms with Crippen LogP contribution < -0.4 is 18.9 Å². The summed E-state index contributed by atoms with van der Waals surface area (Å²) in [6.07, 6.45) is 2.48. The molecule has 1 N–H and O–H groups in total. The number of esters is 1. The predicted molar refractivity (Wildman–Crippen MR) is 102 cm³/mol. The molecule has 0 saturated heterocycles. The van der Waals surface area contributed by atoms with Crippen LogP contribution in [0, 0.1) is 0 Å². The van der Waals surface area contributed by atoms with Crippen molar-refractivity contribution in [2.24, 2.45) is 0 Å². The molecular formula is C21H24O6. The minimum Gasteiger partial charge on any atom is -0.497 e. The lowest BCUT2D eigenvalue weighted by molar-refractivity contribution is -0.131. The molecule has 6 heteroatoms. The van der Waals surface area contributed by atoms with Gasteiger partial charge in [0.25, 0.3) is 0 Å². The quantitative estimate of drug-likeness (QED) is 0.562. The Morgan fingerprint density at radius 2 is 1.78 bits per heavy atom.